The average molecular weight is 439 g/mol. The van der Waals surface area contributed by atoms with Gasteiger partial charge in [-0.2, -0.15) is 0 Å². The number of para-hydroxylation sites is 1. The van der Waals surface area contributed by atoms with E-state index >= 15 is 0 Å². The number of benzene rings is 2. The lowest BCUT2D eigenvalue weighted by Crippen LogP contribution is -1.96. The fourth-order valence-corrected chi connectivity index (χ4v) is 3.38. The third kappa shape index (κ3) is 4.15. The molecule has 0 aliphatic rings. The summed E-state index contributed by atoms with van der Waals surface area (Å²) in [6.45, 7) is 1.97. The van der Waals surface area contributed by atoms with Gasteiger partial charge in [0.15, 0.2) is 11.5 Å². The molecule has 0 saturated heterocycles. The van der Waals surface area contributed by atoms with Crippen LogP contribution in [0.5, 0.6) is 0 Å². The molecule has 0 bridgehead atoms. The van der Waals surface area contributed by atoms with Gasteiger partial charge in [-0.05, 0) is 42.3 Å². The number of aryl methyl sites for hydroxylation is 1. The van der Waals surface area contributed by atoms with E-state index in [0.29, 0.717) is 39.7 Å². The van der Waals surface area contributed by atoms with E-state index in [2.05, 4.69) is 24.9 Å². The Hall–Kier alpha value is -3.65. The summed E-state index contributed by atoms with van der Waals surface area (Å²) >= 11 is 6.15. The lowest BCUT2D eigenvalue weighted by Gasteiger charge is -2.11. The molecule has 31 heavy (non-hydrogen) atoms. The first-order valence-electron chi connectivity index (χ1n) is 9.41. The van der Waals surface area contributed by atoms with Crippen molar-refractivity contribution < 1.29 is 8.78 Å². The highest BCUT2D eigenvalue weighted by Crippen LogP contribution is 2.32. The minimum atomic E-state index is -0.399. The molecule has 0 fully saturated rings. The minimum Gasteiger partial charge on any atom is -0.382 e. The maximum atomic E-state index is 13.9. The van der Waals surface area contributed by atoms with Gasteiger partial charge >= 0.3 is 0 Å². The quantitative estimate of drug-likeness (QED) is 0.388. The van der Waals surface area contributed by atoms with E-state index in [1.165, 1.54) is 36.9 Å². The number of rotatable bonds is 2. The number of pyridine rings is 1. The number of nitrogen functional groups attached to an aromatic ring is 1. The lowest BCUT2D eigenvalue weighted by molar-refractivity contribution is 0.628. The second kappa shape index (κ2) is 8.61. The van der Waals surface area contributed by atoms with Gasteiger partial charge in [-0.25, -0.2) is 28.7 Å². The third-order valence-electron chi connectivity index (χ3n) is 4.69. The zero-order chi connectivity index (χ0) is 22.0. The first-order chi connectivity index (χ1) is 15.0. The predicted molar refractivity (Wildman–Crippen MR) is 118 cm³/mol. The van der Waals surface area contributed by atoms with E-state index in [1.807, 2.05) is 19.1 Å². The molecule has 0 spiro atoms. The number of aromatic nitrogens is 5. The van der Waals surface area contributed by atoms with Crippen molar-refractivity contribution in [2.24, 2.45) is 0 Å². The van der Waals surface area contributed by atoms with Crippen molar-refractivity contribution in [1.82, 2.24) is 24.9 Å². The highest BCUT2D eigenvalue weighted by molar-refractivity contribution is 6.33. The molecule has 3 N–H and O–H groups in total. The van der Waals surface area contributed by atoms with Gasteiger partial charge in [-0.15, -0.1) is 0 Å². The Labute approximate surface area is 181 Å². The van der Waals surface area contributed by atoms with Crippen LogP contribution >= 0.6 is 11.6 Å². The van der Waals surface area contributed by atoms with Gasteiger partial charge in [-0.1, -0.05) is 30.7 Å². The number of aromatic amines is 1. The first kappa shape index (κ1) is 20.6. The minimum absolute atomic E-state index is 0.269. The molecule has 5 aromatic rings. The fraction of sp³-hybridized carbons (Fsp3) is 0.0909. The molecule has 0 atom stereocenters. The fourth-order valence-electron chi connectivity index (χ4n) is 3.17. The van der Waals surface area contributed by atoms with Crippen LogP contribution in [0.1, 0.15) is 12.5 Å². The van der Waals surface area contributed by atoms with Gasteiger partial charge in [0, 0.05) is 10.9 Å². The van der Waals surface area contributed by atoms with Crippen LogP contribution in [-0.4, -0.2) is 24.9 Å². The van der Waals surface area contributed by atoms with Gasteiger partial charge in [-0.3, -0.25) is 0 Å². The normalized spacial score (nSPS) is 10.8. The third-order valence-corrected chi connectivity index (χ3v) is 5.02. The van der Waals surface area contributed by atoms with Crippen molar-refractivity contribution in [3.63, 3.8) is 0 Å². The number of nitrogens with one attached hydrogen (secondary N) is 1. The molecule has 2 aromatic carbocycles. The van der Waals surface area contributed by atoms with E-state index in [-0.39, 0.29) is 5.52 Å². The molecule has 9 heteroatoms. The molecular formula is C22H17ClF2N6. The molecule has 0 radical (unpaired) electrons. The van der Waals surface area contributed by atoms with E-state index in [1.54, 1.807) is 6.07 Å². The summed E-state index contributed by atoms with van der Waals surface area (Å²) in [7, 11) is 0. The van der Waals surface area contributed by atoms with Crippen molar-refractivity contribution in [1.29, 1.82) is 0 Å². The molecule has 3 aromatic heterocycles. The highest BCUT2D eigenvalue weighted by Gasteiger charge is 2.14. The lowest BCUT2D eigenvalue weighted by atomic mass is 10.0. The van der Waals surface area contributed by atoms with Crippen molar-refractivity contribution in [3.8, 4) is 11.3 Å². The van der Waals surface area contributed by atoms with Crippen LogP contribution in [0.2, 0.25) is 5.02 Å². The molecule has 0 amide bonds. The Morgan fingerprint density at radius 2 is 1.90 bits per heavy atom. The Kier molecular flexibility index (Phi) is 5.73. The van der Waals surface area contributed by atoms with E-state index in [0.717, 1.165) is 10.9 Å². The van der Waals surface area contributed by atoms with E-state index in [9.17, 15) is 8.78 Å². The van der Waals surface area contributed by atoms with E-state index < -0.39 is 11.6 Å². The molecule has 0 aliphatic carbocycles. The van der Waals surface area contributed by atoms with Crippen LogP contribution in [0.15, 0.2) is 55.1 Å². The van der Waals surface area contributed by atoms with Crippen LogP contribution in [-0.2, 0) is 6.42 Å². The number of hydrogen-bond acceptors (Lipinski definition) is 5. The van der Waals surface area contributed by atoms with Crippen LogP contribution in [0, 0.1) is 11.6 Å². The Morgan fingerprint density at radius 3 is 2.68 bits per heavy atom. The molecule has 0 unspecified atom stereocenters. The molecule has 0 saturated carbocycles. The van der Waals surface area contributed by atoms with Crippen molar-refractivity contribution >= 4 is 39.5 Å². The van der Waals surface area contributed by atoms with Crippen LogP contribution in [0.3, 0.4) is 0 Å². The van der Waals surface area contributed by atoms with Crippen LogP contribution in [0.4, 0.5) is 14.6 Å². The maximum absolute atomic E-state index is 13.9. The summed E-state index contributed by atoms with van der Waals surface area (Å²) in [5, 5.41) is 1.12. The topological polar surface area (TPSA) is 93.4 Å². The largest absolute Gasteiger partial charge is 0.382 e. The second-order valence-electron chi connectivity index (χ2n) is 6.65. The SMILES string of the molecule is CCc1cc2cccc(F)c2nc1-c1cc(F)ccc1Cl.Nc1ncnc2nc[nH]c12. The second-order valence-corrected chi connectivity index (χ2v) is 7.05. The van der Waals surface area contributed by atoms with Crippen LogP contribution in [0.25, 0.3) is 33.3 Å². The molecule has 5 rings (SSSR count). The summed E-state index contributed by atoms with van der Waals surface area (Å²) in [6, 6.07) is 10.8. The summed E-state index contributed by atoms with van der Waals surface area (Å²) in [5.41, 5.74) is 8.96. The number of imidazole rings is 1. The Morgan fingerprint density at radius 1 is 1.06 bits per heavy atom. The number of halogens is 3. The maximum Gasteiger partial charge on any atom is 0.182 e. The molecule has 3 heterocycles. The number of hydrogen-bond donors (Lipinski definition) is 2. The number of nitrogens with zero attached hydrogens (tertiary/aromatic N) is 4. The summed E-state index contributed by atoms with van der Waals surface area (Å²) in [6.07, 6.45) is 3.62. The summed E-state index contributed by atoms with van der Waals surface area (Å²) in [4.78, 5) is 18.8. The van der Waals surface area contributed by atoms with Crippen molar-refractivity contribution in [3.05, 3.63) is 77.3 Å². The number of nitrogens with two attached hydrogens (primary N) is 1. The van der Waals surface area contributed by atoms with Crippen LogP contribution < -0.4 is 5.73 Å². The number of H-pyrrole nitrogens is 1. The van der Waals surface area contributed by atoms with Gasteiger partial charge in [0.2, 0.25) is 0 Å². The molecule has 156 valence electrons. The standard InChI is InChI=1S/C17H12ClF2N.C5H5N5/c1-2-10-8-11-4-3-5-15(20)17(11)21-16(10)13-9-12(19)6-7-14(13)18;6-4-3-5(9-1-7-3)10-2-8-4/h3-9H,2H2,1H3;1-2H,(H3,6,7,8,9,10). The summed E-state index contributed by atoms with van der Waals surface area (Å²) in [5.74, 6) is -0.363. The molecule has 0 aliphatic heterocycles. The highest BCUT2D eigenvalue weighted by atomic mass is 35.5. The zero-order valence-electron chi connectivity index (χ0n) is 16.4. The zero-order valence-corrected chi connectivity index (χ0v) is 17.2. The van der Waals surface area contributed by atoms with Crippen molar-refractivity contribution in [2.75, 3.05) is 5.73 Å². The predicted octanol–water partition coefficient (Wildman–Crippen LogP) is 5.33. The van der Waals surface area contributed by atoms with Gasteiger partial charge in [0.1, 0.15) is 29.0 Å². The number of anilines is 1. The first-order valence-corrected chi connectivity index (χ1v) is 9.78. The Bertz CT molecular complexity index is 1390. The monoisotopic (exact) mass is 438 g/mol. The summed E-state index contributed by atoms with van der Waals surface area (Å²) < 4.78 is 27.4. The van der Waals surface area contributed by atoms with Gasteiger partial charge in [0.05, 0.1) is 17.0 Å². The molecule has 6 nitrogen and oxygen atoms in total. The smallest absolute Gasteiger partial charge is 0.182 e. The van der Waals surface area contributed by atoms with E-state index in [4.69, 9.17) is 17.3 Å². The van der Waals surface area contributed by atoms with Gasteiger partial charge in [0.25, 0.3) is 0 Å². The number of fused-ring (bicyclic) bond motifs is 2. The molecular weight excluding hydrogens is 422 g/mol. The average Bonchev–Trinajstić information content (AvgIpc) is 3.26. The van der Waals surface area contributed by atoms with Crippen molar-refractivity contribution in [2.45, 2.75) is 13.3 Å². The Balaban J connectivity index is 0.000000192. The van der Waals surface area contributed by atoms with Gasteiger partial charge < -0.3 is 10.7 Å².